The molecule has 0 saturated carbocycles. The van der Waals surface area contributed by atoms with Crippen LogP contribution in [0, 0.1) is 0 Å². The van der Waals surface area contributed by atoms with Crippen LogP contribution in [-0.4, -0.2) is 42.2 Å². The van der Waals surface area contributed by atoms with Crippen molar-refractivity contribution in [2.45, 2.75) is 23.5 Å². The summed E-state index contributed by atoms with van der Waals surface area (Å²) in [5.74, 6) is 0.938. The molecule has 2 aromatic carbocycles. The van der Waals surface area contributed by atoms with Crippen LogP contribution >= 0.6 is 11.8 Å². The van der Waals surface area contributed by atoms with E-state index in [1.807, 2.05) is 26.0 Å². The standard InChI is InChI=1S/C21H22N2O4S/c1-20(2)12-23(18(24)13-5-7-14(26-3)8-6-13)21(28-20)16-11-15(27-4)9-10-17(16)22-19(21)25/h5-11H,12H2,1-4H3,(H,22,25). The van der Waals surface area contributed by atoms with Crippen molar-refractivity contribution in [3.05, 3.63) is 53.6 Å². The van der Waals surface area contributed by atoms with Crippen LogP contribution in [-0.2, 0) is 9.67 Å². The highest BCUT2D eigenvalue weighted by atomic mass is 32.2. The lowest BCUT2D eigenvalue weighted by Gasteiger charge is -2.32. The number of methoxy groups -OCH3 is 2. The number of benzene rings is 2. The minimum atomic E-state index is -1.12. The Hall–Kier alpha value is -2.67. The van der Waals surface area contributed by atoms with Crippen LogP contribution in [0.1, 0.15) is 29.8 Å². The second kappa shape index (κ2) is 6.44. The minimum Gasteiger partial charge on any atom is -0.497 e. The van der Waals surface area contributed by atoms with Gasteiger partial charge in [0.1, 0.15) is 11.5 Å². The van der Waals surface area contributed by atoms with Gasteiger partial charge in [-0.05, 0) is 56.3 Å². The summed E-state index contributed by atoms with van der Waals surface area (Å²) in [6.45, 7) is 4.55. The molecule has 0 aliphatic carbocycles. The average Bonchev–Trinajstić information content (AvgIpc) is 3.14. The van der Waals surface area contributed by atoms with Gasteiger partial charge in [-0.15, -0.1) is 11.8 Å². The van der Waals surface area contributed by atoms with E-state index in [2.05, 4.69) is 5.32 Å². The molecule has 0 aromatic heterocycles. The molecular formula is C21H22N2O4S. The Labute approximate surface area is 168 Å². The Morgan fingerprint density at radius 2 is 1.71 bits per heavy atom. The summed E-state index contributed by atoms with van der Waals surface area (Å²) in [4.78, 5) is 27.2. The maximum Gasteiger partial charge on any atom is 0.265 e. The molecule has 1 spiro atoms. The first kappa shape index (κ1) is 18.7. The van der Waals surface area contributed by atoms with E-state index in [-0.39, 0.29) is 16.6 Å². The highest BCUT2D eigenvalue weighted by molar-refractivity contribution is 8.02. The van der Waals surface area contributed by atoms with Crippen molar-refractivity contribution in [3.63, 3.8) is 0 Å². The van der Waals surface area contributed by atoms with Gasteiger partial charge in [-0.2, -0.15) is 0 Å². The van der Waals surface area contributed by atoms with Gasteiger partial charge < -0.3 is 19.7 Å². The van der Waals surface area contributed by atoms with Gasteiger partial charge in [0, 0.05) is 28.1 Å². The molecule has 6 nitrogen and oxygen atoms in total. The Balaban J connectivity index is 1.83. The molecular weight excluding hydrogens is 376 g/mol. The first-order valence-electron chi connectivity index (χ1n) is 8.97. The molecule has 28 heavy (non-hydrogen) atoms. The van der Waals surface area contributed by atoms with Crippen LogP contribution in [0.15, 0.2) is 42.5 Å². The molecule has 2 amide bonds. The second-order valence-electron chi connectivity index (χ2n) is 7.49. The fraction of sp³-hybridized carbons (Fsp3) is 0.333. The number of ether oxygens (including phenoxy) is 2. The number of nitrogens with zero attached hydrogens (tertiary/aromatic N) is 1. The van der Waals surface area contributed by atoms with E-state index in [0.29, 0.717) is 29.3 Å². The molecule has 1 atom stereocenters. The molecule has 7 heteroatoms. The van der Waals surface area contributed by atoms with Crippen molar-refractivity contribution >= 4 is 29.3 Å². The smallest absolute Gasteiger partial charge is 0.265 e. The lowest BCUT2D eigenvalue weighted by molar-refractivity contribution is -0.121. The molecule has 1 N–H and O–H groups in total. The number of anilines is 1. The van der Waals surface area contributed by atoms with Crippen molar-refractivity contribution < 1.29 is 19.1 Å². The number of carbonyl (C=O) groups excluding carboxylic acids is 2. The van der Waals surface area contributed by atoms with Gasteiger partial charge in [0.05, 0.1) is 14.2 Å². The maximum atomic E-state index is 13.5. The van der Waals surface area contributed by atoms with Gasteiger partial charge in [0.2, 0.25) is 0 Å². The van der Waals surface area contributed by atoms with E-state index in [9.17, 15) is 9.59 Å². The van der Waals surface area contributed by atoms with Crippen LogP contribution in [0.4, 0.5) is 5.69 Å². The third kappa shape index (κ3) is 2.73. The summed E-state index contributed by atoms with van der Waals surface area (Å²) < 4.78 is 10.3. The van der Waals surface area contributed by atoms with Crippen LogP contribution in [0.25, 0.3) is 0 Å². The third-order valence-corrected chi connectivity index (χ3v) is 6.68. The van der Waals surface area contributed by atoms with E-state index in [1.165, 1.54) is 11.8 Å². The van der Waals surface area contributed by atoms with Gasteiger partial charge >= 0.3 is 0 Å². The van der Waals surface area contributed by atoms with Gasteiger partial charge in [-0.25, -0.2) is 0 Å². The summed E-state index contributed by atoms with van der Waals surface area (Å²) in [5.41, 5.74) is 1.99. The van der Waals surface area contributed by atoms with Gasteiger partial charge in [0.15, 0.2) is 4.87 Å². The van der Waals surface area contributed by atoms with E-state index in [4.69, 9.17) is 9.47 Å². The predicted octanol–water partition coefficient (Wildman–Crippen LogP) is 3.48. The van der Waals surface area contributed by atoms with Crippen molar-refractivity contribution in [2.24, 2.45) is 0 Å². The number of carbonyl (C=O) groups is 2. The lowest BCUT2D eigenvalue weighted by atomic mass is 10.0. The Morgan fingerprint density at radius 3 is 2.36 bits per heavy atom. The highest BCUT2D eigenvalue weighted by Crippen LogP contribution is 2.58. The number of nitrogens with one attached hydrogen (secondary N) is 1. The number of thioether (sulfide) groups is 1. The summed E-state index contributed by atoms with van der Waals surface area (Å²) >= 11 is 1.50. The topological polar surface area (TPSA) is 67.9 Å². The Bertz CT molecular complexity index is 957. The quantitative estimate of drug-likeness (QED) is 0.857. The van der Waals surface area contributed by atoms with E-state index in [0.717, 1.165) is 5.56 Å². The van der Waals surface area contributed by atoms with Crippen molar-refractivity contribution in [1.29, 1.82) is 0 Å². The van der Waals surface area contributed by atoms with Crippen LogP contribution in [0.5, 0.6) is 11.5 Å². The molecule has 2 aliphatic rings. The van der Waals surface area contributed by atoms with Crippen molar-refractivity contribution in [3.8, 4) is 11.5 Å². The molecule has 1 unspecified atom stereocenters. The summed E-state index contributed by atoms with van der Waals surface area (Å²) in [6, 6.07) is 12.4. The largest absolute Gasteiger partial charge is 0.497 e. The van der Waals surface area contributed by atoms with Gasteiger partial charge in [-0.1, -0.05) is 0 Å². The lowest BCUT2D eigenvalue weighted by Crippen LogP contribution is -2.48. The number of rotatable bonds is 3. The SMILES string of the molecule is COc1ccc(C(=O)N2CC(C)(C)SC23C(=O)Nc2ccc(OC)cc23)cc1. The predicted molar refractivity (Wildman–Crippen MR) is 109 cm³/mol. The fourth-order valence-corrected chi connectivity index (χ4v) is 5.50. The third-order valence-electron chi connectivity index (χ3n) is 5.07. The molecule has 0 bridgehead atoms. The normalized spacial score (nSPS) is 22.1. The first-order chi connectivity index (χ1) is 13.3. The zero-order chi connectivity index (χ0) is 20.1. The van der Waals surface area contributed by atoms with Crippen molar-refractivity contribution in [1.82, 2.24) is 4.90 Å². The molecule has 0 radical (unpaired) electrons. The zero-order valence-electron chi connectivity index (χ0n) is 16.2. The van der Waals surface area contributed by atoms with E-state index in [1.54, 1.807) is 49.5 Å². The monoisotopic (exact) mass is 398 g/mol. The number of hydrogen-bond donors (Lipinski definition) is 1. The zero-order valence-corrected chi connectivity index (χ0v) is 17.1. The minimum absolute atomic E-state index is 0.188. The van der Waals surface area contributed by atoms with Crippen molar-refractivity contribution in [2.75, 3.05) is 26.1 Å². The molecule has 2 aliphatic heterocycles. The maximum absolute atomic E-state index is 13.5. The summed E-state index contributed by atoms with van der Waals surface area (Å²) in [6.07, 6.45) is 0. The molecule has 146 valence electrons. The molecule has 2 aromatic rings. The first-order valence-corrected chi connectivity index (χ1v) is 9.78. The molecule has 1 saturated heterocycles. The number of hydrogen-bond acceptors (Lipinski definition) is 5. The summed E-state index contributed by atoms with van der Waals surface area (Å²) in [7, 11) is 3.17. The highest BCUT2D eigenvalue weighted by Gasteiger charge is 2.61. The molecule has 2 heterocycles. The van der Waals surface area contributed by atoms with E-state index < -0.39 is 4.87 Å². The van der Waals surface area contributed by atoms with E-state index >= 15 is 0 Å². The molecule has 1 fully saturated rings. The number of amides is 2. The van der Waals surface area contributed by atoms with Gasteiger partial charge in [-0.3, -0.25) is 9.59 Å². The molecule has 4 rings (SSSR count). The van der Waals surface area contributed by atoms with Crippen LogP contribution in [0.3, 0.4) is 0 Å². The number of fused-ring (bicyclic) bond motifs is 2. The van der Waals surface area contributed by atoms with Crippen LogP contribution < -0.4 is 14.8 Å². The van der Waals surface area contributed by atoms with Gasteiger partial charge in [0.25, 0.3) is 11.8 Å². The fourth-order valence-electron chi connectivity index (χ4n) is 3.82. The average molecular weight is 398 g/mol. The Morgan fingerprint density at radius 1 is 1.07 bits per heavy atom. The summed E-state index contributed by atoms with van der Waals surface area (Å²) in [5, 5.41) is 2.94. The Kier molecular flexibility index (Phi) is 4.30. The second-order valence-corrected chi connectivity index (χ2v) is 9.39. The van der Waals surface area contributed by atoms with Crippen LogP contribution in [0.2, 0.25) is 0 Å².